The maximum atomic E-state index is 6.42. The van der Waals surface area contributed by atoms with Crippen LogP contribution < -0.4 is 10.6 Å². The molecule has 0 aliphatic carbocycles. The molecule has 0 radical (unpaired) electrons. The van der Waals surface area contributed by atoms with Gasteiger partial charge >= 0.3 is 0 Å². The highest BCUT2D eigenvalue weighted by Gasteiger charge is 2.23. The van der Waals surface area contributed by atoms with Crippen LogP contribution in [-0.4, -0.2) is 18.6 Å². The van der Waals surface area contributed by atoms with E-state index in [0.717, 1.165) is 24.4 Å². The number of hydrogen-bond donors (Lipinski definition) is 1. The first-order chi connectivity index (χ1) is 9.15. The molecule has 0 aromatic heterocycles. The Hall–Kier alpha value is -0.730. The van der Waals surface area contributed by atoms with Crippen LogP contribution in [0.25, 0.3) is 0 Å². The first kappa shape index (κ1) is 14.7. The molecule has 2 rings (SSSR count). The van der Waals surface area contributed by atoms with Crippen molar-refractivity contribution >= 4 is 17.3 Å². The Balaban J connectivity index is 2.14. The SMILES string of the molecule is CCC(N)Cc1ccc(N2CCCC2CC)cc1Cl. The molecule has 2 N–H and O–H groups in total. The van der Waals surface area contributed by atoms with Crippen molar-refractivity contribution in [3.05, 3.63) is 28.8 Å². The van der Waals surface area contributed by atoms with Gasteiger partial charge < -0.3 is 10.6 Å². The van der Waals surface area contributed by atoms with Crippen LogP contribution in [0.3, 0.4) is 0 Å². The lowest BCUT2D eigenvalue weighted by molar-refractivity contribution is 0.642. The standard InChI is InChI=1S/C16H25ClN2/c1-3-13(18)10-12-7-8-15(11-16(12)17)19-9-5-6-14(19)4-2/h7-8,11,13-14H,3-6,9-10,18H2,1-2H3. The third kappa shape index (κ3) is 3.43. The van der Waals surface area contributed by atoms with E-state index in [4.69, 9.17) is 17.3 Å². The Labute approximate surface area is 121 Å². The largest absolute Gasteiger partial charge is 0.369 e. The molecule has 2 nitrogen and oxygen atoms in total. The minimum absolute atomic E-state index is 0.207. The van der Waals surface area contributed by atoms with Crippen molar-refractivity contribution in [3.8, 4) is 0 Å². The van der Waals surface area contributed by atoms with Gasteiger partial charge in [0.25, 0.3) is 0 Å². The molecule has 3 heteroatoms. The summed E-state index contributed by atoms with van der Waals surface area (Å²) in [4.78, 5) is 2.50. The molecule has 1 heterocycles. The van der Waals surface area contributed by atoms with Gasteiger partial charge in [0.2, 0.25) is 0 Å². The highest BCUT2D eigenvalue weighted by Crippen LogP contribution is 2.31. The number of hydrogen-bond acceptors (Lipinski definition) is 2. The average molecular weight is 281 g/mol. The molecular weight excluding hydrogens is 256 g/mol. The normalized spacial score (nSPS) is 20.8. The first-order valence-corrected chi connectivity index (χ1v) is 7.84. The van der Waals surface area contributed by atoms with Crippen molar-refractivity contribution in [1.29, 1.82) is 0 Å². The van der Waals surface area contributed by atoms with E-state index in [0.29, 0.717) is 6.04 Å². The molecule has 0 amide bonds. The summed E-state index contributed by atoms with van der Waals surface area (Å²) in [5, 5.41) is 0.864. The molecule has 1 aromatic rings. The molecule has 1 fully saturated rings. The summed E-state index contributed by atoms with van der Waals surface area (Å²) >= 11 is 6.42. The van der Waals surface area contributed by atoms with Gasteiger partial charge in [-0.25, -0.2) is 0 Å². The summed E-state index contributed by atoms with van der Waals surface area (Å²) in [5.74, 6) is 0. The third-order valence-corrected chi connectivity index (χ3v) is 4.58. The molecule has 1 aliphatic rings. The summed E-state index contributed by atoms with van der Waals surface area (Å²) < 4.78 is 0. The van der Waals surface area contributed by atoms with Gasteiger partial charge in [-0.2, -0.15) is 0 Å². The topological polar surface area (TPSA) is 29.3 Å². The van der Waals surface area contributed by atoms with E-state index in [2.05, 4.69) is 36.9 Å². The van der Waals surface area contributed by atoms with Crippen LogP contribution >= 0.6 is 11.6 Å². The van der Waals surface area contributed by atoms with E-state index in [1.54, 1.807) is 0 Å². The lowest BCUT2D eigenvalue weighted by atomic mass is 10.0. The first-order valence-electron chi connectivity index (χ1n) is 7.46. The van der Waals surface area contributed by atoms with Crippen molar-refractivity contribution in [2.45, 2.75) is 58.0 Å². The van der Waals surface area contributed by atoms with Crippen molar-refractivity contribution in [1.82, 2.24) is 0 Å². The molecule has 106 valence electrons. The second-order valence-corrected chi connectivity index (χ2v) is 5.95. The van der Waals surface area contributed by atoms with Gasteiger partial charge in [-0.15, -0.1) is 0 Å². The van der Waals surface area contributed by atoms with E-state index in [1.807, 2.05) is 0 Å². The van der Waals surface area contributed by atoms with Gasteiger partial charge in [-0.05, 0) is 49.8 Å². The zero-order valence-corrected chi connectivity index (χ0v) is 12.8. The maximum absolute atomic E-state index is 6.42. The van der Waals surface area contributed by atoms with E-state index < -0.39 is 0 Å². The smallest absolute Gasteiger partial charge is 0.0459 e. The Kier molecular flexibility index (Phi) is 5.12. The Bertz CT molecular complexity index is 419. The van der Waals surface area contributed by atoms with Crippen molar-refractivity contribution in [2.24, 2.45) is 5.73 Å². The van der Waals surface area contributed by atoms with Crippen LogP contribution in [0.2, 0.25) is 5.02 Å². The number of nitrogens with two attached hydrogens (primary N) is 1. The molecule has 0 saturated carbocycles. The second-order valence-electron chi connectivity index (χ2n) is 5.55. The number of rotatable bonds is 5. The van der Waals surface area contributed by atoms with Crippen LogP contribution in [0, 0.1) is 0 Å². The monoisotopic (exact) mass is 280 g/mol. The summed E-state index contributed by atoms with van der Waals surface area (Å²) in [6.07, 6.45) is 5.66. The van der Waals surface area contributed by atoms with Gasteiger partial charge in [-0.3, -0.25) is 0 Å². The molecule has 19 heavy (non-hydrogen) atoms. The Morgan fingerprint density at radius 3 is 2.84 bits per heavy atom. The summed E-state index contributed by atoms with van der Waals surface area (Å²) in [5.41, 5.74) is 8.45. The van der Waals surface area contributed by atoms with Crippen molar-refractivity contribution in [3.63, 3.8) is 0 Å². The lowest BCUT2D eigenvalue weighted by Crippen LogP contribution is -2.28. The van der Waals surface area contributed by atoms with E-state index in [9.17, 15) is 0 Å². The molecule has 0 spiro atoms. The zero-order valence-electron chi connectivity index (χ0n) is 12.0. The molecule has 1 aromatic carbocycles. The predicted octanol–water partition coefficient (Wildman–Crippen LogP) is 4.00. The highest BCUT2D eigenvalue weighted by atomic mass is 35.5. The molecule has 1 saturated heterocycles. The van der Waals surface area contributed by atoms with Crippen molar-refractivity contribution < 1.29 is 0 Å². The summed E-state index contributed by atoms with van der Waals surface area (Å²) in [6, 6.07) is 7.36. The van der Waals surface area contributed by atoms with Gasteiger partial charge in [0.1, 0.15) is 0 Å². The van der Waals surface area contributed by atoms with Crippen molar-refractivity contribution in [2.75, 3.05) is 11.4 Å². The number of anilines is 1. The minimum Gasteiger partial charge on any atom is -0.369 e. The molecular formula is C16H25ClN2. The zero-order chi connectivity index (χ0) is 13.8. The van der Waals surface area contributed by atoms with Gasteiger partial charge in [0, 0.05) is 29.3 Å². The Morgan fingerprint density at radius 1 is 1.42 bits per heavy atom. The van der Waals surface area contributed by atoms with Crippen LogP contribution in [0.4, 0.5) is 5.69 Å². The fourth-order valence-corrected chi connectivity index (χ4v) is 3.16. The number of halogens is 1. The number of benzene rings is 1. The molecule has 2 unspecified atom stereocenters. The Morgan fingerprint density at radius 2 is 2.21 bits per heavy atom. The third-order valence-electron chi connectivity index (χ3n) is 4.22. The van der Waals surface area contributed by atoms with E-state index in [1.165, 1.54) is 30.5 Å². The molecule has 1 aliphatic heterocycles. The quantitative estimate of drug-likeness (QED) is 0.883. The summed E-state index contributed by atoms with van der Waals surface area (Å²) in [7, 11) is 0. The highest BCUT2D eigenvalue weighted by molar-refractivity contribution is 6.31. The van der Waals surface area contributed by atoms with Gasteiger partial charge in [0.15, 0.2) is 0 Å². The van der Waals surface area contributed by atoms with E-state index >= 15 is 0 Å². The van der Waals surface area contributed by atoms with Crippen LogP contribution in [0.15, 0.2) is 18.2 Å². The minimum atomic E-state index is 0.207. The van der Waals surface area contributed by atoms with Crippen LogP contribution in [0.5, 0.6) is 0 Å². The fraction of sp³-hybridized carbons (Fsp3) is 0.625. The lowest BCUT2D eigenvalue weighted by Gasteiger charge is -2.26. The average Bonchev–Trinajstić information content (AvgIpc) is 2.89. The van der Waals surface area contributed by atoms with E-state index in [-0.39, 0.29) is 6.04 Å². The van der Waals surface area contributed by atoms with Crippen LogP contribution in [-0.2, 0) is 6.42 Å². The van der Waals surface area contributed by atoms with Crippen LogP contribution in [0.1, 0.15) is 45.1 Å². The summed E-state index contributed by atoms with van der Waals surface area (Å²) in [6.45, 7) is 5.53. The second kappa shape index (κ2) is 6.62. The molecule has 2 atom stereocenters. The van der Waals surface area contributed by atoms with Gasteiger partial charge in [-0.1, -0.05) is 31.5 Å². The van der Waals surface area contributed by atoms with Gasteiger partial charge in [0.05, 0.1) is 0 Å². The fourth-order valence-electron chi connectivity index (χ4n) is 2.91. The number of nitrogens with zero attached hydrogens (tertiary/aromatic N) is 1. The molecule has 0 bridgehead atoms. The maximum Gasteiger partial charge on any atom is 0.0459 e. The predicted molar refractivity (Wildman–Crippen MR) is 84.1 cm³/mol.